The largest absolute Gasteiger partial charge is 0.461 e. The molecule has 1 heterocycles. The summed E-state index contributed by atoms with van der Waals surface area (Å²) in [6.07, 6.45) is -5.09. The van der Waals surface area contributed by atoms with E-state index in [4.69, 9.17) is 14.2 Å². The Labute approximate surface area is 215 Å². The molecular formula is C29H32O8. The number of Topliss-reactive ketones (excluding diaryl/α,β-unsaturated/α-hetero) is 1. The molecular weight excluding hydrogens is 476 g/mol. The van der Waals surface area contributed by atoms with E-state index in [2.05, 4.69) is 25.1 Å². The van der Waals surface area contributed by atoms with Crippen LogP contribution >= 0.6 is 0 Å². The van der Waals surface area contributed by atoms with Crippen LogP contribution in [0.15, 0.2) is 60.7 Å². The highest BCUT2D eigenvalue weighted by molar-refractivity contribution is 5.97. The van der Waals surface area contributed by atoms with E-state index in [1.54, 1.807) is 24.3 Å². The fourth-order valence-corrected chi connectivity index (χ4v) is 4.24. The molecule has 1 aliphatic rings. The van der Waals surface area contributed by atoms with Crippen LogP contribution < -0.4 is 0 Å². The van der Waals surface area contributed by atoms with Crippen LogP contribution in [0.3, 0.4) is 0 Å². The van der Waals surface area contributed by atoms with Gasteiger partial charge in [0.25, 0.3) is 0 Å². The van der Waals surface area contributed by atoms with E-state index in [0.717, 1.165) is 22.8 Å². The quantitative estimate of drug-likeness (QED) is 0.298. The monoisotopic (exact) mass is 508 g/mol. The number of carbonyl (C=O) groups excluding carboxylic acids is 2. The van der Waals surface area contributed by atoms with Crippen LogP contribution in [0.5, 0.6) is 0 Å². The van der Waals surface area contributed by atoms with E-state index < -0.39 is 30.7 Å². The first-order valence-electron chi connectivity index (χ1n) is 12.4. The van der Waals surface area contributed by atoms with Crippen LogP contribution in [-0.4, -0.2) is 64.4 Å². The molecule has 1 saturated heterocycles. The van der Waals surface area contributed by atoms with Crippen molar-refractivity contribution >= 4 is 22.5 Å². The highest BCUT2D eigenvalue weighted by Gasteiger charge is 2.42. The fraction of sp³-hybridized carbons (Fsp3) is 0.379. The maximum absolute atomic E-state index is 12.5. The number of ether oxygens (including phenoxy) is 3. The van der Waals surface area contributed by atoms with Gasteiger partial charge in [-0.1, -0.05) is 61.5 Å². The third-order valence-corrected chi connectivity index (χ3v) is 6.59. The number of hydrogen-bond acceptors (Lipinski definition) is 8. The first-order valence-corrected chi connectivity index (χ1v) is 12.4. The van der Waals surface area contributed by atoms with Gasteiger partial charge < -0.3 is 29.5 Å². The zero-order valence-corrected chi connectivity index (χ0v) is 20.9. The summed E-state index contributed by atoms with van der Waals surface area (Å²) >= 11 is 0. The molecule has 0 amide bonds. The molecule has 3 aromatic rings. The smallest absolute Gasteiger partial charge is 0.310 e. The van der Waals surface area contributed by atoms with Gasteiger partial charge in [0.15, 0.2) is 12.1 Å². The molecule has 4 rings (SSSR count). The van der Waals surface area contributed by atoms with Gasteiger partial charge in [-0.05, 0) is 46.9 Å². The van der Waals surface area contributed by atoms with Gasteiger partial charge in [0, 0.05) is 5.56 Å². The summed E-state index contributed by atoms with van der Waals surface area (Å²) in [5.41, 5.74) is 3.25. The van der Waals surface area contributed by atoms with Crippen LogP contribution in [0, 0.1) is 0 Å². The number of aryl methyl sites for hydroxylation is 1. The third kappa shape index (κ3) is 6.60. The Kier molecular flexibility index (Phi) is 8.68. The molecule has 3 N–H and O–H groups in total. The van der Waals surface area contributed by atoms with Crippen LogP contribution in [-0.2, 0) is 38.5 Å². The van der Waals surface area contributed by atoms with Gasteiger partial charge in [0.1, 0.15) is 31.5 Å². The Bertz CT molecular complexity index is 1240. The standard InChI is InChI=1S/C29H32O8/c1-3-18-4-10-23-13-20(7-11-22(23)12-18)15-35-25(31)14-19-5-8-21(9-6-19)24(30)16-36-29-28(34)27(33)26(32)17(2)37-29/h4-13,17,26-29,32-34H,3,14-16H2,1-2H3/t17-,26+,27+,28-,29+/m0/s1. The molecule has 0 bridgehead atoms. The number of carbonyl (C=O) groups is 2. The van der Waals surface area contributed by atoms with Gasteiger partial charge in [-0.15, -0.1) is 0 Å². The minimum atomic E-state index is -1.48. The predicted molar refractivity (Wildman–Crippen MR) is 136 cm³/mol. The van der Waals surface area contributed by atoms with Crippen LogP contribution in [0.2, 0.25) is 0 Å². The number of rotatable bonds is 9. The van der Waals surface area contributed by atoms with Crippen molar-refractivity contribution in [2.45, 2.75) is 64.0 Å². The maximum Gasteiger partial charge on any atom is 0.310 e. The molecule has 37 heavy (non-hydrogen) atoms. The van der Waals surface area contributed by atoms with Crippen molar-refractivity contribution in [3.8, 4) is 0 Å². The topological polar surface area (TPSA) is 123 Å². The number of aliphatic hydroxyl groups is 3. The minimum absolute atomic E-state index is 0.0681. The highest BCUT2D eigenvalue weighted by Crippen LogP contribution is 2.22. The molecule has 0 saturated carbocycles. The van der Waals surface area contributed by atoms with Crippen molar-refractivity contribution < 1.29 is 39.1 Å². The Morgan fingerprint density at radius 3 is 2.14 bits per heavy atom. The molecule has 0 unspecified atom stereocenters. The predicted octanol–water partition coefficient (Wildman–Crippen LogP) is 2.71. The lowest BCUT2D eigenvalue weighted by molar-refractivity contribution is -0.289. The number of fused-ring (bicyclic) bond motifs is 1. The number of hydrogen-bond donors (Lipinski definition) is 3. The van der Waals surface area contributed by atoms with Crippen molar-refractivity contribution in [3.05, 3.63) is 82.9 Å². The summed E-state index contributed by atoms with van der Waals surface area (Å²) in [7, 11) is 0. The molecule has 8 heteroatoms. The fourth-order valence-electron chi connectivity index (χ4n) is 4.24. The Balaban J connectivity index is 1.25. The van der Waals surface area contributed by atoms with Crippen LogP contribution in [0.25, 0.3) is 10.8 Å². The van der Waals surface area contributed by atoms with Crippen molar-refractivity contribution in [2.24, 2.45) is 0 Å². The lowest BCUT2D eigenvalue weighted by Crippen LogP contribution is -2.57. The number of esters is 1. The summed E-state index contributed by atoms with van der Waals surface area (Å²) in [6.45, 7) is 3.45. The minimum Gasteiger partial charge on any atom is -0.461 e. The number of ketones is 1. The summed E-state index contributed by atoms with van der Waals surface area (Å²) in [4.78, 5) is 24.8. The second-order valence-electron chi connectivity index (χ2n) is 9.32. The Morgan fingerprint density at radius 2 is 1.46 bits per heavy atom. The van der Waals surface area contributed by atoms with Gasteiger partial charge in [0.2, 0.25) is 0 Å². The summed E-state index contributed by atoms with van der Waals surface area (Å²) < 4.78 is 16.1. The lowest BCUT2D eigenvalue weighted by atomic mass is 10.00. The molecule has 0 aliphatic carbocycles. The van der Waals surface area contributed by atoms with Crippen molar-refractivity contribution in [3.63, 3.8) is 0 Å². The van der Waals surface area contributed by atoms with E-state index in [1.807, 2.05) is 18.2 Å². The second kappa shape index (κ2) is 11.9. The van der Waals surface area contributed by atoms with E-state index in [0.29, 0.717) is 11.1 Å². The molecule has 0 radical (unpaired) electrons. The normalized spacial score (nSPS) is 23.6. The molecule has 8 nitrogen and oxygen atoms in total. The van der Waals surface area contributed by atoms with Gasteiger partial charge in [0.05, 0.1) is 12.5 Å². The van der Waals surface area contributed by atoms with Crippen LogP contribution in [0.1, 0.15) is 40.9 Å². The van der Waals surface area contributed by atoms with Gasteiger partial charge in [-0.2, -0.15) is 0 Å². The Hall–Kier alpha value is -3.14. The number of benzene rings is 3. The number of aliphatic hydroxyl groups excluding tert-OH is 3. The second-order valence-corrected chi connectivity index (χ2v) is 9.32. The molecule has 3 aromatic carbocycles. The van der Waals surface area contributed by atoms with Crippen molar-refractivity contribution in [1.82, 2.24) is 0 Å². The van der Waals surface area contributed by atoms with E-state index >= 15 is 0 Å². The van der Waals surface area contributed by atoms with Gasteiger partial charge >= 0.3 is 5.97 Å². The molecule has 5 atom stereocenters. The van der Waals surface area contributed by atoms with Gasteiger partial charge in [-0.3, -0.25) is 9.59 Å². The summed E-state index contributed by atoms with van der Waals surface area (Å²) in [6, 6.07) is 18.9. The van der Waals surface area contributed by atoms with Gasteiger partial charge in [-0.25, -0.2) is 0 Å². The molecule has 0 spiro atoms. The van der Waals surface area contributed by atoms with E-state index in [9.17, 15) is 24.9 Å². The van der Waals surface area contributed by atoms with Crippen molar-refractivity contribution in [2.75, 3.05) is 6.61 Å². The zero-order valence-electron chi connectivity index (χ0n) is 20.9. The average Bonchev–Trinajstić information content (AvgIpc) is 2.91. The summed E-state index contributed by atoms with van der Waals surface area (Å²) in [5, 5.41) is 31.8. The highest BCUT2D eigenvalue weighted by atomic mass is 16.7. The van der Waals surface area contributed by atoms with Crippen LogP contribution in [0.4, 0.5) is 0 Å². The first kappa shape index (κ1) is 26.9. The first-order chi connectivity index (χ1) is 17.7. The van der Waals surface area contributed by atoms with E-state index in [-0.39, 0.29) is 31.4 Å². The Morgan fingerprint density at radius 1 is 0.838 bits per heavy atom. The average molecular weight is 509 g/mol. The molecule has 196 valence electrons. The zero-order chi connectivity index (χ0) is 26.5. The van der Waals surface area contributed by atoms with E-state index in [1.165, 1.54) is 12.5 Å². The molecule has 1 aliphatic heterocycles. The SMILES string of the molecule is CCc1ccc2cc(COC(=O)Cc3ccc(C(=O)CO[C@@H]4O[C@@H](C)[C@@H](O)[C@@H](O)[C@@H]4O)cc3)ccc2c1. The molecule has 0 aromatic heterocycles. The summed E-state index contributed by atoms with van der Waals surface area (Å²) in [5.74, 6) is -0.734. The molecule has 1 fully saturated rings. The maximum atomic E-state index is 12.5. The van der Waals surface area contributed by atoms with Crippen molar-refractivity contribution in [1.29, 1.82) is 0 Å². The lowest BCUT2D eigenvalue weighted by Gasteiger charge is -2.38. The third-order valence-electron chi connectivity index (χ3n) is 6.59.